The SMILES string of the molecule is CN=C(NCc1ccc(C(C)(C)C)cc1)N1CCC(CC(=O)NC)CC1.I. The van der Waals surface area contributed by atoms with Gasteiger partial charge in [-0.15, -0.1) is 24.0 Å². The fourth-order valence-corrected chi connectivity index (χ4v) is 3.35. The van der Waals surface area contributed by atoms with Crippen molar-refractivity contribution in [2.75, 3.05) is 27.2 Å². The Morgan fingerprint density at radius 3 is 2.26 bits per heavy atom. The van der Waals surface area contributed by atoms with Gasteiger partial charge in [-0.3, -0.25) is 9.79 Å². The van der Waals surface area contributed by atoms with Crippen molar-refractivity contribution < 1.29 is 4.79 Å². The van der Waals surface area contributed by atoms with Gasteiger partial charge in [0.15, 0.2) is 5.96 Å². The van der Waals surface area contributed by atoms with E-state index in [9.17, 15) is 4.79 Å². The van der Waals surface area contributed by atoms with Crippen LogP contribution in [0.2, 0.25) is 0 Å². The highest BCUT2D eigenvalue weighted by molar-refractivity contribution is 14.0. The van der Waals surface area contributed by atoms with Crippen LogP contribution in [0.15, 0.2) is 29.3 Å². The standard InChI is InChI=1S/C21H34N4O.HI/c1-21(2,3)18-8-6-17(7-9-18)15-24-20(23-5)25-12-10-16(11-13-25)14-19(26)22-4;/h6-9,16H,10-15H2,1-5H3,(H,22,26)(H,23,24);1H. The third-order valence-corrected chi connectivity index (χ3v) is 5.15. The molecular weight excluding hydrogens is 451 g/mol. The molecule has 152 valence electrons. The maximum absolute atomic E-state index is 11.5. The second-order valence-corrected chi connectivity index (χ2v) is 8.16. The molecule has 1 fully saturated rings. The zero-order valence-corrected chi connectivity index (χ0v) is 19.7. The molecule has 0 bridgehead atoms. The number of nitrogens with zero attached hydrogens (tertiary/aromatic N) is 2. The van der Waals surface area contributed by atoms with E-state index in [1.54, 1.807) is 7.05 Å². The van der Waals surface area contributed by atoms with Gasteiger partial charge >= 0.3 is 0 Å². The Morgan fingerprint density at radius 1 is 1.19 bits per heavy atom. The minimum atomic E-state index is 0. The van der Waals surface area contributed by atoms with Crippen molar-refractivity contribution in [3.63, 3.8) is 0 Å². The molecule has 0 radical (unpaired) electrons. The number of hydrogen-bond donors (Lipinski definition) is 2. The number of carbonyl (C=O) groups is 1. The molecule has 0 saturated carbocycles. The highest BCUT2D eigenvalue weighted by Crippen LogP contribution is 2.22. The first-order chi connectivity index (χ1) is 12.3. The van der Waals surface area contributed by atoms with Gasteiger partial charge in [0.05, 0.1) is 0 Å². The van der Waals surface area contributed by atoms with Crippen LogP contribution in [0.25, 0.3) is 0 Å². The van der Waals surface area contributed by atoms with Crippen molar-refractivity contribution in [2.24, 2.45) is 10.9 Å². The van der Waals surface area contributed by atoms with Crippen LogP contribution in [0.1, 0.15) is 51.2 Å². The molecule has 0 spiro atoms. The zero-order valence-electron chi connectivity index (χ0n) is 17.3. The summed E-state index contributed by atoms with van der Waals surface area (Å²) in [6, 6.07) is 8.81. The number of likely N-dealkylation sites (tertiary alicyclic amines) is 1. The fraction of sp³-hybridized carbons (Fsp3) is 0.619. The van der Waals surface area contributed by atoms with Crippen LogP contribution in [0.4, 0.5) is 0 Å². The Morgan fingerprint density at radius 2 is 1.78 bits per heavy atom. The zero-order chi connectivity index (χ0) is 19.2. The van der Waals surface area contributed by atoms with Crippen molar-refractivity contribution in [2.45, 2.75) is 52.0 Å². The number of aliphatic imine (C=N–C) groups is 1. The molecular formula is C21H35IN4O. The molecule has 0 aliphatic carbocycles. The first kappa shape index (κ1) is 23.7. The monoisotopic (exact) mass is 486 g/mol. The smallest absolute Gasteiger partial charge is 0.220 e. The molecule has 1 aromatic rings. The van der Waals surface area contributed by atoms with Crippen molar-refractivity contribution in [3.8, 4) is 0 Å². The van der Waals surface area contributed by atoms with Crippen LogP contribution in [-0.2, 0) is 16.8 Å². The number of carbonyl (C=O) groups excluding carboxylic acids is 1. The van der Waals surface area contributed by atoms with Crippen LogP contribution in [-0.4, -0.2) is 44.0 Å². The molecule has 27 heavy (non-hydrogen) atoms. The van der Waals surface area contributed by atoms with Crippen LogP contribution >= 0.6 is 24.0 Å². The van der Waals surface area contributed by atoms with Gasteiger partial charge in [0.2, 0.25) is 5.91 Å². The Balaban J connectivity index is 0.00000364. The molecule has 1 aliphatic heterocycles. The molecule has 1 amide bonds. The number of amides is 1. The Labute approximate surface area is 181 Å². The van der Waals surface area contributed by atoms with Crippen molar-refractivity contribution in [1.82, 2.24) is 15.5 Å². The number of guanidine groups is 1. The number of benzene rings is 1. The van der Waals surface area contributed by atoms with Crippen molar-refractivity contribution in [1.29, 1.82) is 0 Å². The largest absolute Gasteiger partial charge is 0.359 e. The molecule has 1 aliphatic rings. The third-order valence-electron chi connectivity index (χ3n) is 5.15. The first-order valence-corrected chi connectivity index (χ1v) is 9.59. The molecule has 2 rings (SSSR count). The maximum atomic E-state index is 11.5. The van der Waals surface area contributed by atoms with E-state index in [0.29, 0.717) is 12.3 Å². The summed E-state index contributed by atoms with van der Waals surface area (Å²) in [6.45, 7) is 9.37. The molecule has 5 nitrogen and oxygen atoms in total. The van der Waals surface area contributed by atoms with E-state index < -0.39 is 0 Å². The van der Waals surface area contributed by atoms with Gasteiger partial charge in [-0.2, -0.15) is 0 Å². The van der Waals surface area contributed by atoms with Crippen LogP contribution in [0, 0.1) is 5.92 Å². The fourth-order valence-electron chi connectivity index (χ4n) is 3.35. The molecule has 1 heterocycles. The van der Waals surface area contributed by atoms with E-state index in [-0.39, 0.29) is 35.3 Å². The first-order valence-electron chi connectivity index (χ1n) is 9.59. The van der Waals surface area contributed by atoms with E-state index in [1.807, 2.05) is 7.05 Å². The number of halogens is 1. The average molecular weight is 486 g/mol. The molecule has 1 saturated heterocycles. The van der Waals surface area contributed by atoms with Crippen LogP contribution < -0.4 is 10.6 Å². The Bertz CT molecular complexity index is 614. The van der Waals surface area contributed by atoms with E-state index >= 15 is 0 Å². The van der Waals surface area contributed by atoms with Gasteiger partial charge in [-0.25, -0.2) is 0 Å². The maximum Gasteiger partial charge on any atom is 0.220 e. The summed E-state index contributed by atoms with van der Waals surface area (Å²) in [5, 5.41) is 6.20. The Kier molecular flexibility index (Phi) is 9.56. The minimum absolute atomic E-state index is 0. The normalized spacial score (nSPS) is 15.9. The summed E-state index contributed by atoms with van der Waals surface area (Å²) < 4.78 is 0. The van der Waals surface area contributed by atoms with Gasteiger partial charge in [0, 0.05) is 40.2 Å². The quantitative estimate of drug-likeness (QED) is 0.389. The van der Waals surface area contributed by atoms with Gasteiger partial charge in [0.25, 0.3) is 0 Å². The third kappa shape index (κ3) is 7.31. The summed E-state index contributed by atoms with van der Waals surface area (Å²) >= 11 is 0. The molecule has 1 aromatic carbocycles. The number of piperidine rings is 1. The molecule has 0 aromatic heterocycles. The highest BCUT2D eigenvalue weighted by Gasteiger charge is 2.23. The predicted octanol–water partition coefficient (Wildman–Crippen LogP) is 3.53. The second-order valence-electron chi connectivity index (χ2n) is 8.16. The number of hydrogen-bond acceptors (Lipinski definition) is 2. The van der Waals surface area contributed by atoms with Gasteiger partial charge in [-0.05, 0) is 35.3 Å². The molecule has 6 heteroatoms. The predicted molar refractivity (Wildman–Crippen MR) is 124 cm³/mol. The lowest BCUT2D eigenvalue weighted by atomic mass is 9.87. The van der Waals surface area contributed by atoms with Crippen LogP contribution in [0.5, 0.6) is 0 Å². The Hall–Kier alpha value is -1.31. The van der Waals surface area contributed by atoms with Crippen molar-refractivity contribution >= 4 is 35.8 Å². The lowest BCUT2D eigenvalue weighted by Gasteiger charge is -2.34. The van der Waals surface area contributed by atoms with Crippen molar-refractivity contribution in [3.05, 3.63) is 35.4 Å². The summed E-state index contributed by atoms with van der Waals surface area (Å²) in [4.78, 5) is 18.3. The lowest BCUT2D eigenvalue weighted by Crippen LogP contribution is -2.45. The molecule has 0 atom stereocenters. The van der Waals surface area contributed by atoms with E-state index in [2.05, 4.69) is 65.6 Å². The van der Waals surface area contributed by atoms with Gasteiger partial charge in [0.1, 0.15) is 0 Å². The molecule has 0 unspecified atom stereocenters. The number of rotatable bonds is 4. The summed E-state index contributed by atoms with van der Waals surface area (Å²) in [5.74, 6) is 1.57. The average Bonchev–Trinajstić information content (AvgIpc) is 2.63. The molecule has 2 N–H and O–H groups in total. The summed E-state index contributed by atoms with van der Waals surface area (Å²) in [6.07, 6.45) is 2.71. The summed E-state index contributed by atoms with van der Waals surface area (Å²) in [7, 11) is 3.54. The number of nitrogens with one attached hydrogen (secondary N) is 2. The highest BCUT2D eigenvalue weighted by atomic mass is 127. The van der Waals surface area contributed by atoms with E-state index in [1.165, 1.54) is 11.1 Å². The topological polar surface area (TPSA) is 56.7 Å². The van der Waals surface area contributed by atoms with Crippen LogP contribution in [0.3, 0.4) is 0 Å². The van der Waals surface area contributed by atoms with Gasteiger partial charge < -0.3 is 15.5 Å². The second kappa shape index (κ2) is 10.9. The van der Waals surface area contributed by atoms with Gasteiger partial charge in [-0.1, -0.05) is 45.0 Å². The summed E-state index contributed by atoms with van der Waals surface area (Å²) in [5.41, 5.74) is 2.79. The van der Waals surface area contributed by atoms with E-state index in [0.717, 1.165) is 38.4 Å². The minimum Gasteiger partial charge on any atom is -0.359 e. The van der Waals surface area contributed by atoms with E-state index in [4.69, 9.17) is 0 Å². The lowest BCUT2D eigenvalue weighted by molar-refractivity contribution is -0.121.